The Labute approximate surface area is 121 Å². The molecule has 0 aliphatic carbocycles. The van der Waals surface area contributed by atoms with Gasteiger partial charge < -0.3 is 10.6 Å². The number of sulfonamides is 1. The van der Waals surface area contributed by atoms with E-state index in [1.54, 1.807) is 25.1 Å². The molecule has 1 heterocycles. The van der Waals surface area contributed by atoms with Crippen LogP contribution in [0.1, 0.15) is 25.3 Å². The number of likely N-dealkylation sites (tertiary alicyclic amines) is 1. The Morgan fingerprint density at radius 2 is 2.00 bits per heavy atom. The van der Waals surface area contributed by atoms with Crippen molar-refractivity contribution in [3.05, 3.63) is 23.8 Å². The van der Waals surface area contributed by atoms with Gasteiger partial charge in [0.25, 0.3) is 0 Å². The van der Waals surface area contributed by atoms with Crippen molar-refractivity contribution in [3.63, 3.8) is 0 Å². The molecule has 1 aliphatic heterocycles. The summed E-state index contributed by atoms with van der Waals surface area (Å²) in [6, 6.07) is 4.76. The number of benzene rings is 1. The third-order valence-corrected chi connectivity index (χ3v) is 5.33. The summed E-state index contributed by atoms with van der Waals surface area (Å²) < 4.78 is 27.5. The third kappa shape index (κ3) is 3.71. The standard InChI is InChI=1S/C14H23N3O2S/c1-11-9-13(15)5-6-14(11)20(18,19)16-12(2)10-17-7-3-4-8-17/h5-6,9,12,16H,3-4,7-8,10,15H2,1-2H3. The van der Waals surface area contributed by atoms with Gasteiger partial charge in [0.2, 0.25) is 10.0 Å². The maximum absolute atomic E-state index is 12.4. The zero-order chi connectivity index (χ0) is 14.8. The number of hydrogen-bond acceptors (Lipinski definition) is 4. The summed E-state index contributed by atoms with van der Waals surface area (Å²) >= 11 is 0. The van der Waals surface area contributed by atoms with Crippen molar-refractivity contribution in [3.8, 4) is 0 Å². The SMILES string of the molecule is Cc1cc(N)ccc1S(=O)(=O)NC(C)CN1CCCC1. The van der Waals surface area contributed by atoms with Gasteiger partial charge in [-0.3, -0.25) is 0 Å². The lowest BCUT2D eigenvalue weighted by atomic mass is 10.2. The van der Waals surface area contributed by atoms with Crippen LogP contribution in [0.5, 0.6) is 0 Å². The Morgan fingerprint density at radius 1 is 1.35 bits per heavy atom. The maximum atomic E-state index is 12.4. The highest BCUT2D eigenvalue weighted by Crippen LogP contribution is 2.18. The molecule has 2 rings (SSSR count). The van der Waals surface area contributed by atoms with Crippen molar-refractivity contribution in [1.82, 2.24) is 9.62 Å². The first-order valence-corrected chi connectivity index (χ1v) is 8.47. The van der Waals surface area contributed by atoms with Crippen LogP contribution in [0.25, 0.3) is 0 Å². The minimum Gasteiger partial charge on any atom is -0.399 e. The molecule has 1 aliphatic rings. The molecule has 0 bridgehead atoms. The molecule has 1 fully saturated rings. The number of rotatable bonds is 5. The van der Waals surface area contributed by atoms with Crippen molar-refractivity contribution >= 4 is 15.7 Å². The van der Waals surface area contributed by atoms with Crippen LogP contribution < -0.4 is 10.5 Å². The lowest BCUT2D eigenvalue weighted by Gasteiger charge is -2.21. The Morgan fingerprint density at radius 3 is 2.60 bits per heavy atom. The number of nitrogens with zero attached hydrogens (tertiary/aromatic N) is 1. The van der Waals surface area contributed by atoms with Crippen LogP contribution in [-0.2, 0) is 10.0 Å². The summed E-state index contributed by atoms with van der Waals surface area (Å²) in [4.78, 5) is 2.60. The number of nitrogen functional groups attached to an aromatic ring is 1. The Kier molecular flexibility index (Phi) is 4.67. The quantitative estimate of drug-likeness (QED) is 0.804. The predicted molar refractivity (Wildman–Crippen MR) is 81.0 cm³/mol. The zero-order valence-corrected chi connectivity index (χ0v) is 12.9. The van der Waals surface area contributed by atoms with Gasteiger partial charge in [-0.2, -0.15) is 0 Å². The number of aryl methyl sites for hydroxylation is 1. The minimum atomic E-state index is -3.48. The molecule has 112 valence electrons. The maximum Gasteiger partial charge on any atom is 0.241 e. The third-order valence-electron chi connectivity index (χ3n) is 3.58. The average Bonchev–Trinajstić information content (AvgIpc) is 2.79. The fourth-order valence-electron chi connectivity index (χ4n) is 2.69. The number of nitrogens with two attached hydrogens (primary N) is 1. The topological polar surface area (TPSA) is 75.4 Å². The molecule has 0 spiro atoms. The molecule has 20 heavy (non-hydrogen) atoms. The van der Waals surface area contributed by atoms with E-state index in [1.165, 1.54) is 12.8 Å². The van der Waals surface area contributed by atoms with Crippen molar-refractivity contribution in [1.29, 1.82) is 0 Å². The first-order valence-electron chi connectivity index (χ1n) is 6.99. The second-order valence-electron chi connectivity index (χ2n) is 5.55. The molecule has 1 saturated heterocycles. The van der Waals surface area contributed by atoms with Gasteiger partial charge in [-0.15, -0.1) is 0 Å². The summed E-state index contributed by atoms with van der Waals surface area (Å²) in [5, 5.41) is 0. The lowest BCUT2D eigenvalue weighted by molar-refractivity contribution is 0.313. The van der Waals surface area contributed by atoms with Crippen LogP contribution in [0.3, 0.4) is 0 Å². The largest absolute Gasteiger partial charge is 0.399 e. The lowest BCUT2D eigenvalue weighted by Crippen LogP contribution is -2.41. The van der Waals surface area contributed by atoms with Gasteiger partial charge in [-0.1, -0.05) is 0 Å². The van der Waals surface area contributed by atoms with Gasteiger partial charge in [-0.05, 0) is 63.5 Å². The molecular weight excluding hydrogens is 274 g/mol. The summed E-state index contributed by atoms with van der Waals surface area (Å²) in [7, 11) is -3.48. The highest BCUT2D eigenvalue weighted by atomic mass is 32.2. The summed E-state index contributed by atoms with van der Waals surface area (Å²) in [5.74, 6) is 0. The number of anilines is 1. The molecule has 0 aromatic heterocycles. The van der Waals surface area contributed by atoms with Crippen LogP contribution in [0.2, 0.25) is 0 Å². The Hall–Kier alpha value is -1.11. The summed E-state index contributed by atoms with van der Waals surface area (Å²) in [5.41, 5.74) is 6.91. The summed E-state index contributed by atoms with van der Waals surface area (Å²) in [6.07, 6.45) is 2.41. The molecule has 0 amide bonds. The number of hydrogen-bond donors (Lipinski definition) is 2. The van der Waals surface area contributed by atoms with Crippen molar-refractivity contribution in [2.24, 2.45) is 0 Å². The van der Waals surface area contributed by atoms with Crippen LogP contribution in [0.4, 0.5) is 5.69 Å². The van der Waals surface area contributed by atoms with E-state index in [0.717, 1.165) is 19.6 Å². The fraction of sp³-hybridized carbons (Fsp3) is 0.571. The van der Waals surface area contributed by atoms with Gasteiger partial charge in [0.05, 0.1) is 4.90 Å². The normalized spacial score (nSPS) is 18.3. The highest BCUT2D eigenvalue weighted by Gasteiger charge is 2.22. The van der Waals surface area contributed by atoms with Gasteiger partial charge in [0.15, 0.2) is 0 Å². The summed E-state index contributed by atoms with van der Waals surface area (Å²) in [6.45, 7) is 6.55. The first kappa shape index (κ1) is 15.3. The van der Waals surface area contributed by atoms with Gasteiger partial charge in [0.1, 0.15) is 0 Å². The van der Waals surface area contributed by atoms with Crippen LogP contribution in [0, 0.1) is 6.92 Å². The second-order valence-corrected chi connectivity index (χ2v) is 7.24. The van der Waals surface area contributed by atoms with Gasteiger partial charge >= 0.3 is 0 Å². The highest BCUT2D eigenvalue weighted by molar-refractivity contribution is 7.89. The molecule has 1 unspecified atom stereocenters. The molecule has 0 saturated carbocycles. The molecule has 5 nitrogen and oxygen atoms in total. The Bertz CT molecular complexity index is 566. The van der Waals surface area contributed by atoms with E-state index in [-0.39, 0.29) is 6.04 Å². The van der Waals surface area contributed by atoms with E-state index < -0.39 is 10.0 Å². The van der Waals surface area contributed by atoms with E-state index in [0.29, 0.717) is 16.1 Å². The molecule has 3 N–H and O–H groups in total. The smallest absolute Gasteiger partial charge is 0.241 e. The van der Waals surface area contributed by atoms with E-state index in [2.05, 4.69) is 9.62 Å². The fourth-order valence-corrected chi connectivity index (χ4v) is 4.15. The average molecular weight is 297 g/mol. The van der Waals surface area contributed by atoms with Crippen molar-refractivity contribution < 1.29 is 8.42 Å². The van der Waals surface area contributed by atoms with Gasteiger partial charge in [-0.25, -0.2) is 13.1 Å². The monoisotopic (exact) mass is 297 g/mol. The van der Waals surface area contributed by atoms with E-state index >= 15 is 0 Å². The van der Waals surface area contributed by atoms with E-state index in [9.17, 15) is 8.42 Å². The van der Waals surface area contributed by atoms with Crippen molar-refractivity contribution in [2.75, 3.05) is 25.4 Å². The van der Waals surface area contributed by atoms with Crippen LogP contribution in [-0.4, -0.2) is 39.0 Å². The Balaban J connectivity index is 2.06. The van der Waals surface area contributed by atoms with Crippen molar-refractivity contribution in [2.45, 2.75) is 37.6 Å². The van der Waals surface area contributed by atoms with E-state index in [4.69, 9.17) is 5.73 Å². The molecule has 0 radical (unpaired) electrons. The van der Waals surface area contributed by atoms with Crippen LogP contribution in [0.15, 0.2) is 23.1 Å². The predicted octanol–water partition coefficient (Wildman–Crippen LogP) is 1.34. The molecular formula is C14H23N3O2S. The first-order chi connectivity index (χ1) is 9.38. The van der Waals surface area contributed by atoms with E-state index in [1.807, 2.05) is 6.92 Å². The van der Waals surface area contributed by atoms with Gasteiger partial charge in [0, 0.05) is 18.3 Å². The molecule has 1 atom stereocenters. The molecule has 1 aromatic rings. The number of nitrogens with one attached hydrogen (secondary N) is 1. The zero-order valence-electron chi connectivity index (χ0n) is 12.1. The minimum absolute atomic E-state index is 0.102. The second kappa shape index (κ2) is 6.11. The van der Waals surface area contributed by atoms with Crippen LogP contribution >= 0.6 is 0 Å². The molecule has 1 aromatic carbocycles. The molecule has 6 heteroatoms.